The average Bonchev–Trinajstić information content (AvgIpc) is 2.17. The Balaban J connectivity index is 2.35. The van der Waals surface area contributed by atoms with Crippen molar-refractivity contribution in [2.24, 2.45) is 5.73 Å². The standard InChI is InChI=1S/C9H19N3O3S/c1-16(14,15)12-6-3-8(4-7-12)11-9(13)2-5-10/h8H,2-7,10H2,1H3,(H,11,13). The molecule has 1 fully saturated rings. The van der Waals surface area contributed by atoms with Crippen LogP contribution in [0.5, 0.6) is 0 Å². The van der Waals surface area contributed by atoms with Crippen LogP contribution in [0.15, 0.2) is 0 Å². The molecular formula is C9H19N3O3S. The van der Waals surface area contributed by atoms with Crippen LogP contribution in [0.3, 0.4) is 0 Å². The van der Waals surface area contributed by atoms with Gasteiger partial charge in [-0.15, -0.1) is 0 Å². The van der Waals surface area contributed by atoms with E-state index in [1.54, 1.807) is 0 Å². The van der Waals surface area contributed by atoms with Crippen molar-refractivity contribution in [2.45, 2.75) is 25.3 Å². The van der Waals surface area contributed by atoms with Gasteiger partial charge < -0.3 is 11.1 Å². The Hall–Kier alpha value is -0.660. The molecule has 0 aromatic heterocycles. The molecule has 0 aromatic carbocycles. The number of hydrogen-bond donors (Lipinski definition) is 2. The minimum Gasteiger partial charge on any atom is -0.353 e. The topological polar surface area (TPSA) is 92.5 Å². The molecule has 0 aliphatic carbocycles. The molecule has 7 heteroatoms. The number of sulfonamides is 1. The first-order chi connectivity index (χ1) is 7.43. The highest BCUT2D eigenvalue weighted by molar-refractivity contribution is 7.88. The summed E-state index contributed by atoms with van der Waals surface area (Å²) in [5.41, 5.74) is 5.27. The van der Waals surface area contributed by atoms with Crippen LogP contribution in [-0.4, -0.2) is 50.6 Å². The Morgan fingerprint density at radius 3 is 2.44 bits per heavy atom. The van der Waals surface area contributed by atoms with Gasteiger partial charge in [0.05, 0.1) is 6.26 Å². The molecule has 0 atom stereocenters. The van der Waals surface area contributed by atoms with Crippen LogP contribution >= 0.6 is 0 Å². The molecular weight excluding hydrogens is 230 g/mol. The third kappa shape index (κ3) is 4.07. The van der Waals surface area contributed by atoms with Crippen molar-refractivity contribution in [2.75, 3.05) is 25.9 Å². The summed E-state index contributed by atoms with van der Waals surface area (Å²) in [6.45, 7) is 1.30. The predicted octanol–water partition coefficient (Wildman–Crippen LogP) is -1.12. The molecule has 0 radical (unpaired) electrons. The number of rotatable bonds is 4. The molecule has 94 valence electrons. The Morgan fingerprint density at radius 1 is 1.44 bits per heavy atom. The number of nitrogens with zero attached hydrogens (tertiary/aromatic N) is 1. The molecule has 0 unspecified atom stereocenters. The average molecular weight is 249 g/mol. The van der Waals surface area contributed by atoms with Gasteiger partial charge in [-0.05, 0) is 12.8 Å². The van der Waals surface area contributed by atoms with Gasteiger partial charge in [0, 0.05) is 32.1 Å². The fraction of sp³-hybridized carbons (Fsp3) is 0.889. The van der Waals surface area contributed by atoms with E-state index in [9.17, 15) is 13.2 Å². The first-order valence-corrected chi connectivity index (χ1v) is 7.23. The van der Waals surface area contributed by atoms with Gasteiger partial charge in [0.2, 0.25) is 15.9 Å². The van der Waals surface area contributed by atoms with Crippen molar-refractivity contribution in [3.8, 4) is 0 Å². The predicted molar refractivity (Wildman–Crippen MR) is 61.3 cm³/mol. The number of nitrogens with one attached hydrogen (secondary N) is 1. The molecule has 1 aliphatic rings. The highest BCUT2D eigenvalue weighted by Crippen LogP contribution is 2.13. The second kappa shape index (κ2) is 5.60. The van der Waals surface area contributed by atoms with Gasteiger partial charge in [0.15, 0.2) is 0 Å². The van der Waals surface area contributed by atoms with Crippen LogP contribution in [0.1, 0.15) is 19.3 Å². The van der Waals surface area contributed by atoms with E-state index in [0.717, 1.165) is 0 Å². The summed E-state index contributed by atoms with van der Waals surface area (Å²) in [7, 11) is -3.09. The van der Waals surface area contributed by atoms with E-state index in [4.69, 9.17) is 5.73 Å². The van der Waals surface area contributed by atoms with Crippen molar-refractivity contribution < 1.29 is 13.2 Å². The fourth-order valence-electron chi connectivity index (χ4n) is 1.76. The van der Waals surface area contributed by atoms with Crippen molar-refractivity contribution in [3.05, 3.63) is 0 Å². The summed E-state index contributed by atoms with van der Waals surface area (Å²) >= 11 is 0. The van der Waals surface area contributed by atoms with Gasteiger partial charge in [-0.1, -0.05) is 0 Å². The van der Waals surface area contributed by atoms with E-state index in [-0.39, 0.29) is 11.9 Å². The zero-order chi connectivity index (χ0) is 12.2. The van der Waals surface area contributed by atoms with Gasteiger partial charge >= 0.3 is 0 Å². The summed E-state index contributed by atoms with van der Waals surface area (Å²) in [4.78, 5) is 11.3. The lowest BCUT2D eigenvalue weighted by Gasteiger charge is -2.30. The molecule has 0 spiro atoms. The zero-order valence-corrected chi connectivity index (χ0v) is 10.3. The molecule has 1 rings (SSSR count). The van der Waals surface area contributed by atoms with Crippen molar-refractivity contribution in [3.63, 3.8) is 0 Å². The van der Waals surface area contributed by atoms with E-state index >= 15 is 0 Å². The normalized spacial score (nSPS) is 19.6. The lowest BCUT2D eigenvalue weighted by molar-refractivity contribution is -0.121. The number of nitrogens with two attached hydrogens (primary N) is 1. The minimum atomic E-state index is -3.09. The molecule has 1 aliphatic heterocycles. The number of hydrogen-bond acceptors (Lipinski definition) is 4. The second-order valence-corrected chi connectivity index (χ2v) is 6.02. The summed E-state index contributed by atoms with van der Waals surface area (Å²) in [5, 5.41) is 2.85. The number of amides is 1. The Morgan fingerprint density at radius 2 is 2.00 bits per heavy atom. The van der Waals surface area contributed by atoms with Crippen LogP contribution < -0.4 is 11.1 Å². The van der Waals surface area contributed by atoms with Crippen molar-refractivity contribution >= 4 is 15.9 Å². The molecule has 1 amide bonds. The SMILES string of the molecule is CS(=O)(=O)N1CCC(NC(=O)CCN)CC1. The molecule has 1 saturated heterocycles. The Bertz CT molecular complexity index is 334. The van der Waals surface area contributed by atoms with Gasteiger partial charge in [0.25, 0.3) is 0 Å². The second-order valence-electron chi connectivity index (χ2n) is 4.04. The minimum absolute atomic E-state index is 0.0553. The summed E-state index contributed by atoms with van der Waals surface area (Å²) in [5.74, 6) is -0.0553. The molecule has 6 nitrogen and oxygen atoms in total. The Kier molecular flexibility index (Phi) is 4.69. The largest absolute Gasteiger partial charge is 0.353 e. The van der Waals surface area contributed by atoms with E-state index in [2.05, 4.69) is 5.32 Å². The van der Waals surface area contributed by atoms with E-state index in [1.807, 2.05) is 0 Å². The van der Waals surface area contributed by atoms with Crippen LogP contribution in [0.4, 0.5) is 0 Å². The first-order valence-electron chi connectivity index (χ1n) is 5.38. The van der Waals surface area contributed by atoms with Crippen LogP contribution in [0.2, 0.25) is 0 Å². The number of carbonyl (C=O) groups is 1. The van der Waals surface area contributed by atoms with E-state index < -0.39 is 10.0 Å². The van der Waals surface area contributed by atoms with Gasteiger partial charge in [-0.25, -0.2) is 12.7 Å². The fourth-order valence-corrected chi connectivity index (χ4v) is 2.64. The molecule has 0 bridgehead atoms. The van der Waals surface area contributed by atoms with Crippen LogP contribution in [0, 0.1) is 0 Å². The van der Waals surface area contributed by atoms with Gasteiger partial charge in [-0.3, -0.25) is 4.79 Å². The molecule has 1 heterocycles. The van der Waals surface area contributed by atoms with Crippen molar-refractivity contribution in [1.82, 2.24) is 9.62 Å². The monoisotopic (exact) mass is 249 g/mol. The first kappa shape index (κ1) is 13.4. The van der Waals surface area contributed by atoms with Crippen LogP contribution in [0.25, 0.3) is 0 Å². The third-order valence-electron chi connectivity index (χ3n) is 2.66. The summed E-state index contributed by atoms with van der Waals surface area (Å²) < 4.78 is 23.9. The Labute approximate surface area is 96.2 Å². The summed E-state index contributed by atoms with van der Waals surface area (Å²) in [6, 6.07) is 0.0806. The molecule has 16 heavy (non-hydrogen) atoms. The lowest BCUT2D eigenvalue weighted by Crippen LogP contribution is -2.46. The maximum Gasteiger partial charge on any atom is 0.221 e. The number of carbonyl (C=O) groups excluding carboxylic acids is 1. The van der Waals surface area contributed by atoms with E-state index in [1.165, 1.54) is 10.6 Å². The lowest BCUT2D eigenvalue weighted by atomic mass is 10.1. The quantitative estimate of drug-likeness (QED) is 0.660. The molecule has 0 saturated carbocycles. The summed E-state index contributed by atoms with van der Waals surface area (Å²) in [6.07, 6.45) is 2.87. The zero-order valence-electron chi connectivity index (χ0n) is 9.48. The molecule has 3 N–H and O–H groups in total. The highest BCUT2D eigenvalue weighted by atomic mass is 32.2. The maximum absolute atomic E-state index is 11.3. The number of piperidine rings is 1. The van der Waals surface area contributed by atoms with Crippen molar-refractivity contribution in [1.29, 1.82) is 0 Å². The van der Waals surface area contributed by atoms with Crippen LogP contribution in [-0.2, 0) is 14.8 Å². The highest BCUT2D eigenvalue weighted by Gasteiger charge is 2.25. The van der Waals surface area contributed by atoms with Gasteiger partial charge in [-0.2, -0.15) is 0 Å². The smallest absolute Gasteiger partial charge is 0.221 e. The van der Waals surface area contributed by atoms with E-state index in [0.29, 0.717) is 38.9 Å². The third-order valence-corrected chi connectivity index (χ3v) is 3.96. The van der Waals surface area contributed by atoms with Gasteiger partial charge in [0.1, 0.15) is 0 Å². The maximum atomic E-state index is 11.3. The molecule has 0 aromatic rings.